The van der Waals surface area contributed by atoms with Crippen molar-refractivity contribution in [3.8, 4) is 17.6 Å². The van der Waals surface area contributed by atoms with Crippen LogP contribution < -0.4 is 10.2 Å². The van der Waals surface area contributed by atoms with Crippen molar-refractivity contribution in [1.82, 2.24) is 25.4 Å². The predicted molar refractivity (Wildman–Crippen MR) is 126 cm³/mol. The number of pyridine rings is 1. The van der Waals surface area contributed by atoms with E-state index in [0.29, 0.717) is 31.0 Å². The number of aromatic nitrogens is 3. The van der Waals surface area contributed by atoms with E-state index < -0.39 is 18.6 Å². The minimum Gasteiger partial charge on any atom is -0.506 e. The number of alkyl halides is 3. The highest BCUT2D eigenvalue weighted by molar-refractivity contribution is 5.92. The van der Waals surface area contributed by atoms with Crippen molar-refractivity contribution in [3.05, 3.63) is 77.2 Å². The van der Waals surface area contributed by atoms with E-state index in [1.165, 1.54) is 12.3 Å². The molecule has 2 aromatic heterocycles. The van der Waals surface area contributed by atoms with Gasteiger partial charge in [-0.05, 0) is 29.8 Å². The lowest BCUT2D eigenvalue weighted by Crippen LogP contribution is -2.46. The van der Waals surface area contributed by atoms with Gasteiger partial charge in [0.2, 0.25) is 0 Å². The third-order valence-corrected chi connectivity index (χ3v) is 5.51. The fourth-order valence-electron chi connectivity index (χ4n) is 3.68. The molecule has 8 nitrogen and oxygen atoms in total. The Morgan fingerprint density at radius 1 is 1.03 bits per heavy atom. The zero-order valence-corrected chi connectivity index (χ0v) is 19.2. The lowest BCUT2D eigenvalue weighted by atomic mass is 10.1. The highest BCUT2D eigenvalue weighted by Crippen LogP contribution is 2.17. The summed E-state index contributed by atoms with van der Waals surface area (Å²) in [6.45, 7) is 2.16. The van der Waals surface area contributed by atoms with Gasteiger partial charge in [0.25, 0.3) is 5.91 Å². The summed E-state index contributed by atoms with van der Waals surface area (Å²) in [5, 5.41) is 19.2. The monoisotopic (exact) mass is 496 g/mol. The van der Waals surface area contributed by atoms with Gasteiger partial charge < -0.3 is 15.3 Å². The molecule has 36 heavy (non-hydrogen) atoms. The van der Waals surface area contributed by atoms with Crippen molar-refractivity contribution >= 4 is 11.7 Å². The number of nitrogens with one attached hydrogen (secondary N) is 1. The van der Waals surface area contributed by atoms with E-state index in [0.717, 1.165) is 24.2 Å². The number of hydrogen-bond acceptors (Lipinski definition) is 7. The molecule has 1 aromatic carbocycles. The number of aromatic hydroxyl groups is 1. The minimum atomic E-state index is -4.49. The van der Waals surface area contributed by atoms with Gasteiger partial charge in [-0.25, -0.2) is 0 Å². The fraction of sp³-hybridized carbons (Fsp3) is 0.280. The minimum absolute atomic E-state index is 0.0667. The Bertz CT molecular complexity index is 1260. The Hall–Kier alpha value is -4.17. The quantitative estimate of drug-likeness (QED) is 0.525. The van der Waals surface area contributed by atoms with Crippen LogP contribution in [-0.4, -0.2) is 70.0 Å². The van der Waals surface area contributed by atoms with Gasteiger partial charge >= 0.3 is 6.18 Å². The van der Waals surface area contributed by atoms with Crippen LogP contribution in [0.3, 0.4) is 0 Å². The maximum atomic E-state index is 12.3. The number of carbonyl (C=O) groups is 1. The molecule has 0 unspecified atom stereocenters. The van der Waals surface area contributed by atoms with Crippen molar-refractivity contribution in [1.29, 1.82) is 0 Å². The predicted octanol–water partition coefficient (Wildman–Crippen LogP) is 2.59. The van der Waals surface area contributed by atoms with Gasteiger partial charge in [-0.15, -0.1) is 10.2 Å². The molecule has 0 aliphatic carbocycles. The van der Waals surface area contributed by atoms with Gasteiger partial charge in [0, 0.05) is 50.0 Å². The number of anilines is 1. The van der Waals surface area contributed by atoms with Gasteiger partial charge in [-0.1, -0.05) is 30.0 Å². The molecule has 11 heteroatoms. The lowest BCUT2D eigenvalue weighted by Gasteiger charge is -2.35. The van der Waals surface area contributed by atoms with E-state index in [2.05, 4.69) is 31.9 Å². The number of rotatable bonds is 5. The van der Waals surface area contributed by atoms with Crippen LogP contribution in [-0.2, 0) is 6.54 Å². The van der Waals surface area contributed by atoms with E-state index in [4.69, 9.17) is 0 Å². The fourth-order valence-corrected chi connectivity index (χ4v) is 3.68. The maximum Gasteiger partial charge on any atom is 0.405 e. The van der Waals surface area contributed by atoms with Crippen LogP contribution >= 0.6 is 0 Å². The van der Waals surface area contributed by atoms with Crippen LogP contribution in [0, 0.1) is 11.8 Å². The van der Waals surface area contributed by atoms with E-state index in [9.17, 15) is 23.1 Å². The van der Waals surface area contributed by atoms with Gasteiger partial charge in [0.15, 0.2) is 11.5 Å². The molecule has 2 N–H and O–H groups in total. The molecular weight excluding hydrogens is 473 g/mol. The smallest absolute Gasteiger partial charge is 0.405 e. The second kappa shape index (κ2) is 11.0. The van der Waals surface area contributed by atoms with Crippen LogP contribution in [0.5, 0.6) is 5.75 Å². The van der Waals surface area contributed by atoms with Crippen molar-refractivity contribution in [2.45, 2.75) is 12.7 Å². The van der Waals surface area contributed by atoms with Gasteiger partial charge in [-0.2, -0.15) is 13.2 Å². The molecular formula is C25H23F3N6O2. The molecule has 1 aliphatic rings. The largest absolute Gasteiger partial charge is 0.506 e. The van der Waals surface area contributed by atoms with Crippen LogP contribution in [0.4, 0.5) is 19.0 Å². The van der Waals surface area contributed by atoms with Gasteiger partial charge in [0.1, 0.15) is 12.3 Å². The average molecular weight is 496 g/mol. The number of piperazine rings is 1. The Balaban J connectivity index is 1.33. The van der Waals surface area contributed by atoms with Crippen molar-refractivity contribution in [3.63, 3.8) is 0 Å². The van der Waals surface area contributed by atoms with E-state index in [1.54, 1.807) is 23.6 Å². The van der Waals surface area contributed by atoms with Crippen LogP contribution in [0.1, 0.15) is 27.2 Å². The molecule has 4 rings (SSSR count). The summed E-state index contributed by atoms with van der Waals surface area (Å²) in [5.41, 5.74) is 2.44. The zero-order chi connectivity index (χ0) is 25.5. The van der Waals surface area contributed by atoms with Crippen LogP contribution in [0.2, 0.25) is 0 Å². The summed E-state index contributed by atoms with van der Waals surface area (Å²) in [7, 11) is 0. The first kappa shape index (κ1) is 24.9. The Kier molecular flexibility index (Phi) is 7.65. The highest BCUT2D eigenvalue weighted by atomic mass is 19.4. The normalized spacial score (nSPS) is 14.1. The van der Waals surface area contributed by atoms with Crippen molar-refractivity contribution in [2.75, 3.05) is 37.6 Å². The van der Waals surface area contributed by atoms with Gasteiger partial charge in [0.05, 0.1) is 6.20 Å². The number of nitrogens with zero attached hydrogens (tertiary/aromatic N) is 5. The zero-order valence-electron chi connectivity index (χ0n) is 19.2. The summed E-state index contributed by atoms with van der Waals surface area (Å²) in [4.78, 5) is 20.1. The molecule has 3 heterocycles. The summed E-state index contributed by atoms with van der Waals surface area (Å²) in [6.07, 6.45) is -1.54. The first-order valence-corrected chi connectivity index (χ1v) is 11.2. The number of amides is 1. The number of carbonyl (C=O) groups excluding carboxylic acids is 1. The average Bonchev–Trinajstić information content (AvgIpc) is 2.87. The number of benzene rings is 1. The summed E-state index contributed by atoms with van der Waals surface area (Å²) >= 11 is 0. The standard InChI is InChI=1S/C25H23F3N6O2/c26-25(27,28)17-30-24(36)22-7-8-23(32-31-22)34-11-9-33(10-12-34)16-20-4-2-1-3-19(20)6-5-18-13-21(35)15-29-14-18/h1-4,7-8,13-15,35H,9-12,16-17H2,(H,30,36). The molecule has 0 bridgehead atoms. The van der Waals surface area contributed by atoms with Crippen molar-refractivity contribution < 1.29 is 23.1 Å². The topological polar surface area (TPSA) is 94.5 Å². The number of halogens is 3. The molecule has 1 fully saturated rings. The van der Waals surface area contributed by atoms with Crippen LogP contribution in [0.15, 0.2) is 54.9 Å². The summed E-state index contributed by atoms with van der Waals surface area (Å²) < 4.78 is 36.8. The van der Waals surface area contributed by atoms with Gasteiger partial charge in [-0.3, -0.25) is 14.7 Å². The van der Waals surface area contributed by atoms with E-state index >= 15 is 0 Å². The second-order valence-electron chi connectivity index (χ2n) is 8.18. The summed E-state index contributed by atoms with van der Waals surface area (Å²) in [6, 6.07) is 12.4. The highest BCUT2D eigenvalue weighted by Gasteiger charge is 2.28. The molecule has 1 amide bonds. The van der Waals surface area contributed by atoms with E-state index in [-0.39, 0.29) is 11.4 Å². The molecule has 186 valence electrons. The molecule has 0 spiro atoms. The number of hydrogen-bond donors (Lipinski definition) is 2. The van der Waals surface area contributed by atoms with Crippen LogP contribution in [0.25, 0.3) is 0 Å². The molecule has 0 saturated carbocycles. The van der Waals surface area contributed by atoms with Crippen molar-refractivity contribution in [2.24, 2.45) is 0 Å². The maximum absolute atomic E-state index is 12.3. The second-order valence-corrected chi connectivity index (χ2v) is 8.18. The third kappa shape index (κ3) is 6.93. The molecule has 1 saturated heterocycles. The molecule has 1 aliphatic heterocycles. The molecule has 0 atom stereocenters. The molecule has 0 radical (unpaired) electrons. The SMILES string of the molecule is O=C(NCC(F)(F)F)c1ccc(N2CCN(Cc3ccccc3C#Cc3cncc(O)c3)CC2)nn1. The Labute approximate surface area is 205 Å². The molecule has 3 aromatic rings. The van der Waals surface area contributed by atoms with E-state index in [1.807, 2.05) is 29.2 Å². The Morgan fingerprint density at radius 2 is 1.81 bits per heavy atom. The first-order chi connectivity index (χ1) is 17.3. The lowest BCUT2D eigenvalue weighted by molar-refractivity contribution is -0.123. The first-order valence-electron chi connectivity index (χ1n) is 11.2. The Morgan fingerprint density at radius 3 is 2.50 bits per heavy atom. The summed E-state index contributed by atoms with van der Waals surface area (Å²) in [5.74, 6) is 5.91. The third-order valence-electron chi connectivity index (χ3n) is 5.51.